The zero-order valence-corrected chi connectivity index (χ0v) is 18.6. The molecule has 2 rings (SSSR count). The van der Waals surface area contributed by atoms with Crippen molar-refractivity contribution in [2.24, 2.45) is 16.3 Å². The van der Waals surface area contributed by atoms with E-state index in [9.17, 15) is 0 Å². The summed E-state index contributed by atoms with van der Waals surface area (Å²) < 4.78 is 11.4. The van der Waals surface area contributed by atoms with Gasteiger partial charge in [0.05, 0.1) is 19.3 Å². The van der Waals surface area contributed by atoms with E-state index < -0.39 is 0 Å². The number of ether oxygens (including phenoxy) is 2. The molecule has 146 valence electrons. The summed E-state index contributed by atoms with van der Waals surface area (Å²) in [5.41, 5.74) is 1.66. The third kappa shape index (κ3) is 7.83. The second-order valence-corrected chi connectivity index (χ2v) is 7.88. The molecule has 0 radical (unpaired) electrons. The van der Waals surface area contributed by atoms with Crippen LogP contribution in [-0.4, -0.2) is 52.0 Å². The Morgan fingerprint density at radius 2 is 2.08 bits per heavy atom. The fourth-order valence-electron chi connectivity index (χ4n) is 3.59. The van der Waals surface area contributed by atoms with E-state index in [1.165, 1.54) is 12.0 Å². The van der Waals surface area contributed by atoms with Crippen molar-refractivity contribution in [2.75, 3.05) is 40.0 Å². The van der Waals surface area contributed by atoms with Gasteiger partial charge in [0, 0.05) is 32.7 Å². The van der Waals surface area contributed by atoms with Gasteiger partial charge in [-0.15, -0.1) is 24.0 Å². The van der Waals surface area contributed by atoms with Crippen molar-refractivity contribution in [2.45, 2.75) is 52.6 Å². The molecule has 2 aliphatic heterocycles. The Bertz CT molecular complexity index is 446. The fraction of sp³-hybridized carbons (Fsp3) is 0.842. The average molecular weight is 465 g/mol. The molecule has 0 aromatic heterocycles. The molecule has 6 heteroatoms. The maximum atomic E-state index is 6.06. The third-order valence-electron chi connectivity index (χ3n) is 4.85. The van der Waals surface area contributed by atoms with E-state index in [0.29, 0.717) is 12.0 Å². The zero-order valence-electron chi connectivity index (χ0n) is 16.3. The molecular weight excluding hydrogens is 429 g/mol. The summed E-state index contributed by atoms with van der Waals surface area (Å²) in [6.45, 7) is 11.1. The van der Waals surface area contributed by atoms with Gasteiger partial charge in [0.15, 0.2) is 5.96 Å². The van der Waals surface area contributed by atoms with Gasteiger partial charge in [-0.1, -0.05) is 32.4 Å². The smallest absolute Gasteiger partial charge is 0.190 e. The van der Waals surface area contributed by atoms with Crippen molar-refractivity contribution < 1.29 is 9.47 Å². The van der Waals surface area contributed by atoms with E-state index in [1.807, 2.05) is 7.05 Å². The van der Waals surface area contributed by atoms with Crippen LogP contribution in [0.15, 0.2) is 16.6 Å². The minimum absolute atomic E-state index is 0. The van der Waals surface area contributed by atoms with Crippen LogP contribution in [0, 0.1) is 11.3 Å². The van der Waals surface area contributed by atoms with Gasteiger partial charge >= 0.3 is 0 Å². The van der Waals surface area contributed by atoms with Gasteiger partial charge in [-0.25, -0.2) is 0 Å². The Balaban J connectivity index is 0.00000312. The third-order valence-corrected chi connectivity index (χ3v) is 4.85. The van der Waals surface area contributed by atoms with Crippen molar-refractivity contribution in [3.05, 3.63) is 11.6 Å². The number of guanidine groups is 1. The molecule has 2 aliphatic rings. The van der Waals surface area contributed by atoms with Crippen LogP contribution in [0.1, 0.15) is 46.5 Å². The molecule has 0 saturated carbocycles. The zero-order chi connectivity index (χ0) is 17.4. The van der Waals surface area contributed by atoms with Gasteiger partial charge in [0.25, 0.3) is 0 Å². The molecule has 0 bridgehead atoms. The Morgan fingerprint density at radius 3 is 2.72 bits per heavy atom. The van der Waals surface area contributed by atoms with Crippen LogP contribution >= 0.6 is 24.0 Å². The molecular formula is C19H36IN3O2. The van der Waals surface area contributed by atoms with E-state index >= 15 is 0 Å². The summed E-state index contributed by atoms with van der Waals surface area (Å²) in [7, 11) is 1.83. The highest BCUT2D eigenvalue weighted by Gasteiger charge is 2.35. The molecule has 0 spiro atoms. The van der Waals surface area contributed by atoms with E-state index in [1.54, 1.807) is 0 Å². The first-order valence-corrected chi connectivity index (χ1v) is 9.32. The van der Waals surface area contributed by atoms with Crippen LogP contribution in [-0.2, 0) is 9.47 Å². The maximum Gasteiger partial charge on any atom is 0.190 e. The molecule has 0 aromatic rings. The van der Waals surface area contributed by atoms with E-state index in [4.69, 9.17) is 9.47 Å². The number of nitrogens with zero attached hydrogens (tertiary/aromatic N) is 1. The Morgan fingerprint density at radius 1 is 1.28 bits per heavy atom. The summed E-state index contributed by atoms with van der Waals surface area (Å²) in [5.74, 6) is 1.43. The maximum absolute atomic E-state index is 6.06. The number of hydrogen-bond acceptors (Lipinski definition) is 3. The largest absolute Gasteiger partial charge is 0.377 e. The van der Waals surface area contributed by atoms with Crippen LogP contribution in [0.4, 0.5) is 0 Å². The lowest BCUT2D eigenvalue weighted by Gasteiger charge is -2.40. The second-order valence-electron chi connectivity index (χ2n) is 7.88. The lowest BCUT2D eigenvalue weighted by atomic mass is 9.78. The molecule has 2 atom stereocenters. The van der Waals surface area contributed by atoms with Crippen LogP contribution in [0.5, 0.6) is 0 Å². The topological polar surface area (TPSA) is 54.9 Å². The van der Waals surface area contributed by atoms with Crippen LogP contribution in [0.2, 0.25) is 0 Å². The predicted octanol–water partition coefficient (Wildman–Crippen LogP) is 3.35. The van der Waals surface area contributed by atoms with Crippen molar-refractivity contribution in [3.8, 4) is 0 Å². The number of nitrogens with one attached hydrogen (secondary N) is 2. The van der Waals surface area contributed by atoms with Gasteiger partial charge in [-0.05, 0) is 31.1 Å². The number of halogens is 1. The van der Waals surface area contributed by atoms with Crippen LogP contribution in [0.3, 0.4) is 0 Å². The molecule has 0 amide bonds. The molecule has 0 aromatic carbocycles. The van der Waals surface area contributed by atoms with Gasteiger partial charge in [-0.2, -0.15) is 0 Å². The lowest BCUT2D eigenvalue weighted by Crippen LogP contribution is -2.47. The summed E-state index contributed by atoms with van der Waals surface area (Å²) in [6, 6.07) is 0. The SMILES string of the molecule is CN=C(NCCC1=CCOCC1)NCC1CCCOC1C(C)(C)C.I. The van der Waals surface area contributed by atoms with Crippen molar-refractivity contribution in [1.29, 1.82) is 0 Å². The van der Waals surface area contributed by atoms with Crippen molar-refractivity contribution in [3.63, 3.8) is 0 Å². The molecule has 0 aliphatic carbocycles. The minimum atomic E-state index is 0. The molecule has 5 nitrogen and oxygen atoms in total. The minimum Gasteiger partial charge on any atom is -0.377 e. The Hall–Kier alpha value is -0.340. The highest BCUT2D eigenvalue weighted by Crippen LogP contribution is 2.33. The first kappa shape index (κ1) is 22.7. The molecule has 1 fully saturated rings. The summed E-state index contributed by atoms with van der Waals surface area (Å²) in [6.07, 6.45) is 7.00. The molecule has 1 saturated heterocycles. The molecule has 2 unspecified atom stereocenters. The predicted molar refractivity (Wildman–Crippen MR) is 115 cm³/mol. The molecule has 2 N–H and O–H groups in total. The van der Waals surface area contributed by atoms with Crippen LogP contribution in [0.25, 0.3) is 0 Å². The van der Waals surface area contributed by atoms with Crippen LogP contribution < -0.4 is 10.6 Å². The monoisotopic (exact) mass is 465 g/mol. The average Bonchev–Trinajstić information content (AvgIpc) is 2.58. The normalized spacial score (nSPS) is 25.0. The van der Waals surface area contributed by atoms with Crippen molar-refractivity contribution in [1.82, 2.24) is 10.6 Å². The van der Waals surface area contributed by atoms with Gasteiger partial charge in [-0.3, -0.25) is 4.99 Å². The summed E-state index contributed by atoms with van der Waals surface area (Å²) >= 11 is 0. The number of hydrogen-bond donors (Lipinski definition) is 2. The lowest BCUT2D eigenvalue weighted by molar-refractivity contribution is -0.0835. The summed E-state index contributed by atoms with van der Waals surface area (Å²) in [5, 5.41) is 6.92. The van der Waals surface area contributed by atoms with Gasteiger partial charge in [0.1, 0.15) is 0 Å². The summed E-state index contributed by atoms with van der Waals surface area (Å²) in [4.78, 5) is 4.35. The number of aliphatic imine (C=N–C) groups is 1. The molecule has 2 heterocycles. The van der Waals surface area contributed by atoms with E-state index in [2.05, 4.69) is 42.5 Å². The Labute approximate surface area is 170 Å². The molecule has 25 heavy (non-hydrogen) atoms. The standard InChI is InChI=1S/C19H35N3O2.HI/c1-19(2,3)17-16(6-5-11-24-17)14-22-18(20-4)21-10-7-15-8-12-23-13-9-15;/h8,16-17H,5-7,9-14H2,1-4H3,(H2,20,21,22);1H. The first-order chi connectivity index (χ1) is 11.5. The highest BCUT2D eigenvalue weighted by atomic mass is 127. The Kier molecular flexibility index (Phi) is 10.3. The van der Waals surface area contributed by atoms with Gasteiger partial charge in [0.2, 0.25) is 0 Å². The second kappa shape index (κ2) is 11.4. The first-order valence-electron chi connectivity index (χ1n) is 9.32. The fourth-order valence-corrected chi connectivity index (χ4v) is 3.59. The van der Waals surface area contributed by atoms with Gasteiger partial charge < -0.3 is 20.1 Å². The number of rotatable bonds is 5. The quantitative estimate of drug-likeness (QED) is 0.283. The highest BCUT2D eigenvalue weighted by molar-refractivity contribution is 14.0. The van der Waals surface area contributed by atoms with E-state index in [-0.39, 0.29) is 29.4 Å². The van der Waals surface area contributed by atoms with E-state index in [0.717, 1.165) is 58.1 Å². The van der Waals surface area contributed by atoms with Crippen molar-refractivity contribution >= 4 is 29.9 Å².